The summed E-state index contributed by atoms with van der Waals surface area (Å²) in [6, 6.07) is 19.8. The van der Waals surface area contributed by atoms with E-state index >= 15 is 0 Å². The summed E-state index contributed by atoms with van der Waals surface area (Å²) in [7, 11) is 1.65. The summed E-state index contributed by atoms with van der Waals surface area (Å²) in [5.41, 5.74) is 1.16. The van der Waals surface area contributed by atoms with Crippen LogP contribution >= 0.6 is 0 Å². The summed E-state index contributed by atoms with van der Waals surface area (Å²) < 4.78 is 16.4. The topological polar surface area (TPSA) is 54.7 Å². The third kappa shape index (κ3) is 10.6. The molecule has 0 aliphatic carbocycles. The van der Waals surface area contributed by atoms with Crippen LogP contribution in [0.15, 0.2) is 54.6 Å². The fourth-order valence-corrected chi connectivity index (χ4v) is 2.78. The molecular weight excluding hydrogens is 400 g/mol. The van der Waals surface area contributed by atoms with Crippen LogP contribution in [0, 0.1) is 35.0 Å². The highest BCUT2D eigenvalue weighted by Gasteiger charge is 2.05. The van der Waals surface area contributed by atoms with Gasteiger partial charge < -0.3 is 14.2 Å². The number of ether oxygens (including phenoxy) is 3. The van der Waals surface area contributed by atoms with Gasteiger partial charge in [0, 0.05) is 25.9 Å². The van der Waals surface area contributed by atoms with Crippen molar-refractivity contribution < 1.29 is 14.2 Å². The maximum Gasteiger partial charge on any atom is 0.149 e. The van der Waals surface area contributed by atoms with Crippen molar-refractivity contribution in [2.75, 3.05) is 33.4 Å². The summed E-state index contributed by atoms with van der Waals surface area (Å²) in [6.07, 6.45) is 1.10. The van der Waals surface area contributed by atoms with Crippen molar-refractivity contribution in [2.45, 2.75) is 32.4 Å². The Morgan fingerprint density at radius 3 is 2.38 bits per heavy atom. The van der Waals surface area contributed by atoms with Gasteiger partial charge >= 0.3 is 0 Å². The van der Waals surface area contributed by atoms with Crippen molar-refractivity contribution in [1.82, 2.24) is 4.90 Å². The number of nitrogens with zero attached hydrogens (tertiary/aromatic N) is 2. The van der Waals surface area contributed by atoms with Crippen molar-refractivity contribution >= 4 is 0 Å². The highest BCUT2D eigenvalue weighted by Crippen LogP contribution is 2.13. The third-order valence-electron chi connectivity index (χ3n) is 4.54. The molecule has 2 rings (SSSR count). The van der Waals surface area contributed by atoms with E-state index in [0.29, 0.717) is 39.1 Å². The smallest absolute Gasteiger partial charge is 0.149 e. The van der Waals surface area contributed by atoms with E-state index in [9.17, 15) is 0 Å². The minimum absolute atomic E-state index is 0.00233. The largest absolute Gasteiger partial charge is 0.497 e. The molecule has 0 aliphatic heterocycles. The standard InChI is InChI=1S/C27H30N2O3/c1-24(11-6-8-22-32-27-12-4-3-5-13-27)31-21-9-7-19-29(20-10-18-28)23-25-14-16-26(30-2)17-15-25/h3-5,12-17,24H,10-11,19-23H2,1-2H3. The number of nitriles is 1. The number of benzene rings is 2. The SMILES string of the molecule is COc1ccc(CN(CC#CCOC(C)CC#CCOc2ccccc2)CCC#N)cc1. The number of methoxy groups -OCH3 is 1. The third-order valence-corrected chi connectivity index (χ3v) is 4.54. The summed E-state index contributed by atoms with van der Waals surface area (Å²) in [4.78, 5) is 2.15. The molecule has 2 aromatic carbocycles. The van der Waals surface area contributed by atoms with Crippen LogP contribution in [0.1, 0.15) is 25.3 Å². The fraction of sp³-hybridized carbons (Fsp3) is 0.370. The molecular formula is C27H30N2O3. The van der Waals surface area contributed by atoms with Gasteiger partial charge in [0.15, 0.2) is 0 Å². The first-order valence-corrected chi connectivity index (χ1v) is 10.6. The van der Waals surface area contributed by atoms with E-state index in [4.69, 9.17) is 19.5 Å². The average molecular weight is 431 g/mol. The van der Waals surface area contributed by atoms with Crippen LogP contribution in [0.2, 0.25) is 0 Å². The molecule has 5 nitrogen and oxygen atoms in total. The first kappa shape index (κ1) is 24.8. The van der Waals surface area contributed by atoms with Gasteiger partial charge in [-0.05, 0) is 36.8 Å². The van der Waals surface area contributed by atoms with Gasteiger partial charge in [-0.15, -0.1) is 0 Å². The summed E-state index contributed by atoms with van der Waals surface area (Å²) in [5, 5.41) is 8.91. The van der Waals surface area contributed by atoms with E-state index in [-0.39, 0.29) is 6.10 Å². The molecule has 5 heteroatoms. The van der Waals surface area contributed by atoms with Gasteiger partial charge in [0.2, 0.25) is 0 Å². The molecule has 32 heavy (non-hydrogen) atoms. The van der Waals surface area contributed by atoms with Crippen molar-refractivity contribution in [1.29, 1.82) is 5.26 Å². The Hall–Kier alpha value is -3.43. The molecule has 2 aromatic rings. The first-order chi connectivity index (χ1) is 15.7. The van der Waals surface area contributed by atoms with Crippen LogP contribution in [0.3, 0.4) is 0 Å². The molecule has 0 spiro atoms. The van der Waals surface area contributed by atoms with Gasteiger partial charge in [-0.25, -0.2) is 0 Å². The van der Waals surface area contributed by atoms with Crippen LogP contribution in [0.5, 0.6) is 11.5 Å². The minimum Gasteiger partial charge on any atom is -0.497 e. The van der Waals surface area contributed by atoms with E-state index < -0.39 is 0 Å². The quantitative estimate of drug-likeness (QED) is 0.498. The molecule has 1 unspecified atom stereocenters. The molecule has 0 aliphatic rings. The molecule has 0 N–H and O–H groups in total. The highest BCUT2D eigenvalue weighted by atomic mass is 16.5. The number of hydrogen-bond donors (Lipinski definition) is 0. The minimum atomic E-state index is 0.00233. The van der Waals surface area contributed by atoms with Crippen LogP contribution < -0.4 is 9.47 Å². The van der Waals surface area contributed by atoms with Crippen molar-refractivity contribution in [3.05, 3.63) is 60.2 Å². The molecule has 0 bridgehead atoms. The van der Waals surface area contributed by atoms with Gasteiger partial charge in [0.1, 0.15) is 24.7 Å². The molecule has 0 radical (unpaired) electrons. The van der Waals surface area contributed by atoms with Crippen LogP contribution in [0.25, 0.3) is 0 Å². The monoisotopic (exact) mass is 430 g/mol. The van der Waals surface area contributed by atoms with E-state index in [1.807, 2.05) is 61.5 Å². The molecule has 0 fully saturated rings. The number of rotatable bonds is 11. The second-order valence-electron chi connectivity index (χ2n) is 7.10. The van der Waals surface area contributed by atoms with Gasteiger partial charge in [-0.1, -0.05) is 54.0 Å². The number of para-hydroxylation sites is 1. The zero-order chi connectivity index (χ0) is 22.9. The summed E-state index contributed by atoms with van der Waals surface area (Å²) >= 11 is 0. The van der Waals surface area contributed by atoms with Crippen molar-refractivity contribution in [3.63, 3.8) is 0 Å². The molecule has 0 saturated heterocycles. The lowest BCUT2D eigenvalue weighted by Crippen LogP contribution is -2.24. The van der Waals surface area contributed by atoms with Gasteiger partial charge in [0.25, 0.3) is 0 Å². The van der Waals surface area contributed by atoms with Crippen molar-refractivity contribution in [2.24, 2.45) is 0 Å². The average Bonchev–Trinajstić information content (AvgIpc) is 2.83. The van der Waals surface area contributed by atoms with E-state index in [1.165, 1.54) is 0 Å². The summed E-state index contributed by atoms with van der Waals surface area (Å²) in [5.74, 6) is 13.9. The Morgan fingerprint density at radius 1 is 0.906 bits per heavy atom. The molecule has 1 atom stereocenters. The zero-order valence-corrected chi connectivity index (χ0v) is 18.8. The zero-order valence-electron chi connectivity index (χ0n) is 18.8. The first-order valence-electron chi connectivity index (χ1n) is 10.6. The van der Waals surface area contributed by atoms with E-state index in [2.05, 4.69) is 34.7 Å². The van der Waals surface area contributed by atoms with Gasteiger partial charge in [-0.3, -0.25) is 4.90 Å². The maximum absolute atomic E-state index is 8.91. The Labute approximate surface area is 191 Å². The predicted octanol–water partition coefficient (Wildman–Crippen LogP) is 4.29. The molecule has 0 heterocycles. The van der Waals surface area contributed by atoms with Crippen LogP contribution in [0.4, 0.5) is 0 Å². The fourth-order valence-electron chi connectivity index (χ4n) is 2.78. The second kappa shape index (κ2) is 15.4. The lowest BCUT2D eigenvalue weighted by molar-refractivity contribution is 0.0961. The molecule has 166 valence electrons. The van der Waals surface area contributed by atoms with E-state index in [0.717, 1.165) is 23.6 Å². The Kier molecular flexibility index (Phi) is 11.9. The lowest BCUT2D eigenvalue weighted by Gasteiger charge is -2.18. The lowest BCUT2D eigenvalue weighted by atomic mass is 10.2. The highest BCUT2D eigenvalue weighted by molar-refractivity contribution is 5.27. The molecule has 0 amide bonds. The maximum atomic E-state index is 8.91. The summed E-state index contributed by atoms with van der Waals surface area (Å²) in [6.45, 7) is 4.70. The van der Waals surface area contributed by atoms with E-state index in [1.54, 1.807) is 7.11 Å². The normalized spacial score (nSPS) is 10.8. The number of hydrogen-bond acceptors (Lipinski definition) is 5. The predicted molar refractivity (Wildman–Crippen MR) is 126 cm³/mol. The molecule has 0 aromatic heterocycles. The second-order valence-corrected chi connectivity index (χ2v) is 7.10. The van der Waals surface area contributed by atoms with Crippen molar-refractivity contribution in [3.8, 4) is 41.2 Å². The van der Waals surface area contributed by atoms with Crippen LogP contribution in [-0.2, 0) is 11.3 Å². The van der Waals surface area contributed by atoms with Gasteiger partial charge in [-0.2, -0.15) is 5.26 Å². The van der Waals surface area contributed by atoms with Crippen LogP contribution in [-0.4, -0.2) is 44.4 Å². The van der Waals surface area contributed by atoms with Gasteiger partial charge in [0.05, 0.1) is 25.8 Å². The Balaban J connectivity index is 1.68. The Bertz CT molecular complexity index is 944. The molecule has 0 saturated carbocycles. The Morgan fingerprint density at radius 2 is 1.66 bits per heavy atom.